The highest BCUT2D eigenvalue weighted by atomic mass is 35.5. The first-order valence-electron chi connectivity index (χ1n) is 4.79. The van der Waals surface area contributed by atoms with Crippen LogP contribution in [0.15, 0.2) is 4.51 Å². The fourth-order valence-corrected chi connectivity index (χ4v) is 1.71. The highest BCUT2D eigenvalue weighted by molar-refractivity contribution is 6.20. The van der Waals surface area contributed by atoms with Crippen molar-refractivity contribution in [3.63, 3.8) is 0 Å². The molecule has 5 nitrogen and oxygen atoms in total. The van der Waals surface area contributed by atoms with Crippen molar-refractivity contribution in [2.75, 3.05) is 13.1 Å². The molecule has 4 N–H and O–H groups in total. The Balaban J connectivity index is 2.53. The van der Waals surface area contributed by atoms with Crippen molar-refractivity contribution in [2.24, 2.45) is 10.2 Å². The number of likely N-dealkylation sites (tertiary alicyclic amines) is 1. The summed E-state index contributed by atoms with van der Waals surface area (Å²) in [5.41, 5.74) is 5.22. The summed E-state index contributed by atoms with van der Waals surface area (Å²) in [6.07, 6.45) is 4.75. The monoisotopic (exact) mass is 217 g/mol. The molecular weight excluding hydrogens is 202 g/mol. The van der Waals surface area contributed by atoms with Gasteiger partial charge in [-0.2, -0.15) is 0 Å². The molecular formula is C8H16ClN5. The van der Waals surface area contributed by atoms with E-state index < -0.39 is 0 Å². The Morgan fingerprint density at radius 1 is 1.29 bits per heavy atom. The molecule has 0 atom stereocenters. The highest BCUT2D eigenvalue weighted by Gasteiger charge is 2.13. The Morgan fingerprint density at radius 2 is 1.86 bits per heavy atom. The lowest BCUT2D eigenvalue weighted by atomic mass is 10.2. The van der Waals surface area contributed by atoms with Crippen molar-refractivity contribution >= 4 is 23.7 Å². The molecule has 1 fully saturated rings. The Bertz CT molecular complexity index is 220. The standard InChI is InChI=1S/C8H16ClN5/c9-13-8(12-7(10)11)14-5-3-1-2-4-6-14/h1-6H2,(H4,10,11,12,13). The van der Waals surface area contributed by atoms with E-state index in [1.54, 1.807) is 0 Å². The van der Waals surface area contributed by atoms with Crippen LogP contribution in [0.5, 0.6) is 0 Å². The van der Waals surface area contributed by atoms with Crippen LogP contribution >= 0.6 is 11.8 Å². The quantitative estimate of drug-likeness (QED) is 0.416. The zero-order valence-corrected chi connectivity index (χ0v) is 8.85. The molecule has 80 valence electrons. The van der Waals surface area contributed by atoms with Gasteiger partial charge in [-0.1, -0.05) is 12.8 Å². The van der Waals surface area contributed by atoms with Crippen LogP contribution in [0, 0.1) is 5.41 Å². The molecule has 0 bridgehead atoms. The van der Waals surface area contributed by atoms with Gasteiger partial charge < -0.3 is 10.6 Å². The largest absolute Gasteiger partial charge is 0.370 e. The first kappa shape index (κ1) is 11.1. The van der Waals surface area contributed by atoms with E-state index in [0.29, 0.717) is 5.96 Å². The van der Waals surface area contributed by atoms with E-state index in [4.69, 9.17) is 22.9 Å². The van der Waals surface area contributed by atoms with Crippen LogP contribution in [0.1, 0.15) is 25.7 Å². The SMILES string of the molecule is N=C(N)NC(=NCl)N1CCCCCC1. The van der Waals surface area contributed by atoms with E-state index in [1.165, 1.54) is 12.8 Å². The highest BCUT2D eigenvalue weighted by Crippen LogP contribution is 2.09. The third-order valence-corrected chi connectivity index (χ3v) is 2.39. The van der Waals surface area contributed by atoms with Gasteiger partial charge in [-0.3, -0.25) is 10.7 Å². The maximum absolute atomic E-state index is 7.10. The number of hydrogen-bond donors (Lipinski definition) is 3. The summed E-state index contributed by atoms with van der Waals surface area (Å²) in [6, 6.07) is 0. The molecule has 1 aliphatic heterocycles. The lowest BCUT2D eigenvalue weighted by Crippen LogP contribution is -2.46. The predicted molar refractivity (Wildman–Crippen MR) is 58.4 cm³/mol. The lowest BCUT2D eigenvalue weighted by Gasteiger charge is -2.23. The van der Waals surface area contributed by atoms with Gasteiger partial charge in [0, 0.05) is 24.9 Å². The zero-order chi connectivity index (χ0) is 10.4. The van der Waals surface area contributed by atoms with E-state index >= 15 is 0 Å². The van der Waals surface area contributed by atoms with Gasteiger partial charge >= 0.3 is 0 Å². The van der Waals surface area contributed by atoms with Crippen molar-refractivity contribution in [1.82, 2.24) is 10.2 Å². The molecule has 0 saturated carbocycles. The molecule has 0 aromatic rings. The number of guanidine groups is 2. The molecule has 0 aromatic heterocycles. The van der Waals surface area contributed by atoms with Gasteiger partial charge in [0.25, 0.3) is 0 Å². The van der Waals surface area contributed by atoms with Crippen LogP contribution in [0.25, 0.3) is 0 Å². The Morgan fingerprint density at radius 3 is 2.29 bits per heavy atom. The molecule has 0 unspecified atom stereocenters. The van der Waals surface area contributed by atoms with Gasteiger partial charge in [-0.15, -0.1) is 4.51 Å². The normalized spacial score (nSPS) is 18.9. The zero-order valence-electron chi connectivity index (χ0n) is 8.09. The van der Waals surface area contributed by atoms with Gasteiger partial charge in [0.05, 0.1) is 0 Å². The molecule has 0 aliphatic carbocycles. The minimum Gasteiger partial charge on any atom is -0.370 e. The Labute approximate surface area is 88.9 Å². The number of halogens is 1. The second-order valence-electron chi connectivity index (χ2n) is 3.35. The third kappa shape index (κ3) is 3.41. The van der Waals surface area contributed by atoms with Crippen LogP contribution in [-0.4, -0.2) is 29.9 Å². The lowest BCUT2D eigenvalue weighted by molar-refractivity contribution is 0.426. The molecule has 1 rings (SSSR count). The number of hydrogen-bond acceptors (Lipinski definition) is 2. The Hall–Kier alpha value is -0.970. The molecule has 0 amide bonds. The van der Waals surface area contributed by atoms with Gasteiger partial charge in [-0.05, 0) is 12.8 Å². The number of nitrogens with two attached hydrogens (primary N) is 1. The first-order chi connectivity index (χ1) is 6.74. The summed E-state index contributed by atoms with van der Waals surface area (Å²) in [5.74, 6) is 0.356. The second kappa shape index (κ2) is 5.70. The summed E-state index contributed by atoms with van der Waals surface area (Å²) in [7, 11) is 0. The van der Waals surface area contributed by atoms with Crippen molar-refractivity contribution < 1.29 is 0 Å². The topological polar surface area (TPSA) is 77.5 Å². The molecule has 0 radical (unpaired) electrons. The maximum atomic E-state index is 7.10. The Kier molecular flexibility index (Phi) is 4.52. The first-order valence-corrected chi connectivity index (χ1v) is 5.13. The van der Waals surface area contributed by atoms with Gasteiger partial charge in [0.1, 0.15) is 0 Å². The van der Waals surface area contributed by atoms with Crippen molar-refractivity contribution in [3.8, 4) is 0 Å². The van der Waals surface area contributed by atoms with Crippen LogP contribution in [0.2, 0.25) is 0 Å². The molecule has 1 saturated heterocycles. The maximum Gasteiger partial charge on any atom is 0.218 e. The summed E-state index contributed by atoms with van der Waals surface area (Å²) < 4.78 is 3.58. The van der Waals surface area contributed by atoms with Crippen molar-refractivity contribution in [2.45, 2.75) is 25.7 Å². The molecule has 6 heteroatoms. The minimum atomic E-state index is -0.131. The van der Waals surface area contributed by atoms with Crippen molar-refractivity contribution in [1.29, 1.82) is 5.41 Å². The average molecular weight is 218 g/mol. The van der Waals surface area contributed by atoms with Gasteiger partial charge in [-0.25, -0.2) is 0 Å². The fraction of sp³-hybridized carbons (Fsp3) is 0.750. The average Bonchev–Trinajstić information content (AvgIpc) is 2.41. The smallest absolute Gasteiger partial charge is 0.218 e. The molecule has 0 aromatic carbocycles. The summed E-state index contributed by atoms with van der Waals surface area (Å²) in [6.45, 7) is 1.84. The van der Waals surface area contributed by atoms with Gasteiger partial charge in [0.15, 0.2) is 5.96 Å². The molecule has 14 heavy (non-hydrogen) atoms. The summed E-state index contributed by atoms with van der Waals surface area (Å²) in [5, 5.41) is 9.73. The van der Waals surface area contributed by atoms with Crippen LogP contribution in [0.3, 0.4) is 0 Å². The van der Waals surface area contributed by atoms with E-state index in [-0.39, 0.29) is 5.96 Å². The minimum absolute atomic E-state index is 0.131. The van der Waals surface area contributed by atoms with E-state index in [1.807, 2.05) is 4.90 Å². The molecule has 0 spiro atoms. The van der Waals surface area contributed by atoms with Gasteiger partial charge in [0.2, 0.25) is 5.96 Å². The summed E-state index contributed by atoms with van der Waals surface area (Å²) >= 11 is 5.43. The van der Waals surface area contributed by atoms with Crippen LogP contribution < -0.4 is 11.1 Å². The summed E-state index contributed by atoms with van der Waals surface area (Å²) in [4.78, 5) is 2.03. The van der Waals surface area contributed by atoms with E-state index in [0.717, 1.165) is 25.9 Å². The number of nitrogens with one attached hydrogen (secondary N) is 2. The van der Waals surface area contributed by atoms with E-state index in [2.05, 4.69) is 9.83 Å². The van der Waals surface area contributed by atoms with E-state index in [9.17, 15) is 0 Å². The number of nitrogens with zero attached hydrogens (tertiary/aromatic N) is 2. The molecule has 1 heterocycles. The molecule has 1 aliphatic rings. The predicted octanol–water partition coefficient (Wildman–Crippen LogP) is 0.855. The van der Waals surface area contributed by atoms with Crippen LogP contribution in [-0.2, 0) is 0 Å². The number of rotatable bonds is 0. The van der Waals surface area contributed by atoms with Crippen LogP contribution in [0.4, 0.5) is 0 Å². The van der Waals surface area contributed by atoms with Crippen molar-refractivity contribution in [3.05, 3.63) is 0 Å². The third-order valence-electron chi connectivity index (χ3n) is 2.23. The second-order valence-corrected chi connectivity index (χ2v) is 3.52. The fourth-order valence-electron chi connectivity index (χ4n) is 1.56.